The summed E-state index contributed by atoms with van der Waals surface area (Å²) in [4.78, 5) is 12.8. The van der Waals surface area contributed by atoms with Crippen LogP contribution >= 0.6 is 23.2 Å². The number of ether oxygens (including phenoxy) is 2. The average molecular weight is 472 g/mol. The molecule has 12 heteroatoms. The van der Waals surface area contributed by atoms with E-state index in [9.17, 15) is 4.79 Å². The van der Waals surface area contributed by atoms with Gasteiger partial charge >= 0.3 is 0 Å². The molecular weight excluding hydrogens is 457 g/mol. The number of nitrogens with zero attached hydrogens (tertiary/aromatic N) is 5. The lowest BCUT2D eigenvalue weighted by Gasteiger charge is -2.28. The van der Waals surface area contributed by atoms with E-state index in [2.05, 4.69) is 31.0 Å². The van der Waals surface area contributed by atoms with Crippen LogP contribution in [0.1, 0.15) is 17.2 Å². The average Bonchev–Trinajstić information content (AvgIpc) is 3.27. The smallest absolute Gasteiger partial charge is 0.288 e. The lowest BCUT2D eigenvalue weighted by molar-refractivity contribution is 0.355. The summed E-state index contributed by atoms with van der Waals surface area (Å²) in [5, 5.41) is 22.6. The van der Waals surface area contributed by atoms with Gasteiger partial charge in [0.2, 0.25) is 5.95 Å². The molecule has 0 bridgehead atoms. The van der Waals surface area contributed by atoms with Crippen LogP contribution in [0.15, 0.2) is 41.2 Å². The Labute approximate surface area is 191 Å². The van der Waals surface area contributed by atoms with Gasteiger partial charge in [-0.3, -0.25) is 4.79 Å². The van der Waals surface area contributed by atoms with Gasteiger partial charge < -0.3 is 14.8 Å². The second-order valence-corrected chi connectivity index (χ2v) is 7.74. The number of aromatic amines is 1. The number of hydrogen-bond donors (Lipinski definition) is 2. The maximum Gasteiger partial charge on any atom is 0.288 e. The quantitative estimate of drug-likeness (QED) is 0.408. The number of methoxy groups -OCH3 is 2. The van der Waals surface area contributed by atoms with E-state index in [0.29, 0.717) is 49.9 Å². The molecule has 162 valence electrons. The largest absolute Gasteiger partial charge is 0.493 e. The van der Waals surface area contributed by atoms with E-state index in [0.717, 1.165) is 0 Å². The minimum Gasteiger partial charge on any atom is -0.493 e. The summed E-state index contributed by atoms with van der Waals surface area (Å²) in [7, 11) is 3.10. The Balaban J connectivity index is 1.81. The van der Waals surface area contributed by atoms with Gasteiger partial charge in [-0.2, -0.15) is 9.78 Å². The molecule has 1 atom stereocenters. The lowest BCUT2D eigenvalue weighted by atomic mass is 9.92. The molecule has 1 aliphatic heterocycles. The number of fused-ring (bicyclic) bond motifs is 2. The SMILES string of the molecule is COc1ccc(-c2n[nH]c(=O)c3c2[C@H](c2ccc(Cl)cc2Cl)n2nnnc2N3)cc1OC. The van der Waals surface area contributed by atoms with Crippen molar-refractivity contribution in [3.8, 4) is 22.8 Å². The molecule has 2 aromatic carbocycles. The first-order valence-corrected chi connectivity index (χ1v) is 10.1. The Hall–Kier alpha value is -3.63. The van der Waals surface area contributed by atoms with Crippen molar-refractivity contribution in [2.45, 2.75) is 6.04 Å². The molecule has 4 aromatic rings. The molecule has 3 heterocycles. The number of rotatable bonds is 4. The predicted molar refractivity (Wildman–Crippen MR) is 118 cm³/mol. The van der Waals surface area contributed by atoms with Gasteiger partial charge in [-0.25, -0.2) is 5.10 Å². The van der Waals surface area contributed by atoms with Crippen molar-refractivity contribution < 1.29 is 9.47 Å². The van der Waals surface area contributed by atoms with Gasteiger partial charge in [0.15, 0.2) is 11.5 Å². The van der Waals surface area contributed by atoms with E-state index in [-0.39, 0.29) is 5.69 Å². The molecule has 0 radical (unpaired) electrons. The fraction of sp³-hybridized carbons (Fsp3) is 0.150. The van der Waals surface area contributed by atoms with Crippen LogP contribution in [-0.2, 0) is 0 Å². The van der Waals surface area contributed by atoms with Gasteiger partial charge in [-0.15, -0.1) is 0 Å². The molecule has 0 aliphatic carbocycles. The van der Waals surface area contributed by atoms with Crippen molar-refractivity contribution in [3.05, 3.63) is 67.9 Å². The topological polar surface area (TPSA) is 120 Å². The van der Waals surface area contributed by atoms with E-state index in [1.807, 2.05) is 6.07 Å². The molecule has 5 rings (SSSR count). The van der Waals surface area contributed by atoms with Gasteiger partial charge in [0.25, 0.3) is 5.56 Å². The molecule has 0 spiro atoms. The first kappa shape index (κ1) is 20.3. The third kappa shape index (κ3) is 3.15. The molecule has 0 saturated carbocycles. The molecule has 2 N–H and O–H groups in total. The monoisotopic (exact) mass is 471 g/mol. The maximum absolute atomic E-state index is 12.8. The molecule has 0 amide bonds. The molecular formula is C20H15Cl2N7O3. The number of nitrogens with one attached hydrogen (secondary N) is 2. The van der Waals surface area contributed by atoms with Gasteiger partial charge in [-0.05, 0) is 40.8 Å². The molecule has 1 aliphatic rings. The zero-order valence-corrected chi connectivity index (χ0v) is 18.3. The standard InChI is InChI=1S/C20H15Cl2N7O3/c1-31-13-6-3-9(7-14(13)32-2)16-15-17(19(30)25-24-16)23-20-26-27-28-29(20)18(15)11-5-4-10(21)8-12(11)22/h3-8,18H,1-2H3,(H,25,30)(H,23,26,28)/t18-/m0/s1. The highest BCUT2D eigenvalue weighted by Gasteiger charge is 2.35. The number of aromatic nitrogens is 6. The Bertz CT molecular complexity index is 1400. The van der Waals surface area contributed by atoms with Crippen molar-refractivity contribution in [1.82, 2.24) is 30.4 Å². The third-order valence-corrected chi connectivity index (χ3v) is 5.74. The molecule has 0 unspecified atom stereocenters. The van der Waals surface area contributed by atoms with Crippen LogP contribution in [0, 0.1) is 0 Å². The second kappa shape index (κ2) is 7.81. The normalized spacial score (nSPS) is 14.3. The van der Waals surface area contributed by atoms with E-state index in [1.54, 1.807) is 49.2 Å². The summed E-state index contributed by atoms with van der Waals surface area (Å²) in [6.45, 7) is 0. The lowest BCUT2D eigenvalue weighted by Crippen LogP contribution is -2.29. The maximum atomic E-state index is 12.8. The second-order valence-electron chi connectivity index (χ2n) is 6.90. The number of H-pyrrole nitrogens is 1. The van der Waals surface area contributed by atoms with E-state index in [1.165, 1.54) is 0 Å². The Morgan fingerprint density at radius 3 is 2.62 bits per heavy atom. The summed E-state index contributed by atoms with van der Waals surface area (Å²) in [5.74, 6) is 1.37. The number of hydrogen-bond acceptors (Lipinski definition) is 8. The minimum atomic E-state index is -0.640. The van der Waals surface area contributed by atoms with E-state index >= 15 is 0 Å². The zero-order valence-electron chi connectivity index (χ0n) is 16.8. The van der Waals surface area contributed by atoms with Crippen LogP contribution in [0.25, 0.3) is 11.3 Å². The highest BCUT2D eigenvalue weighted by Crippen LogP contribution is 2.44. The van der Waals surface area contributed by atoms with Crippen LogP contribution in [0.3, 0.4) is 0 Å². The zero-order chi connectivity index (χ0) is 22.4. The fourth-order valence-electron chi connectivity index (χ4n) is 3.75. The van der Waals surface area contributed by atoms with Crippen LogP contribution < -0.4 is 20.3 Å². The first-order valence-electron chi connectivity index (χ1n) is 9.36. The third-order valence-electron chi connectivity index (χ3n) is 5.18. The summed E-state index contributed by atoms with van der Waals surface area (Å²) < 4.78 is 12.3. The van der Waals surface area contributed by atoms with Gasteiger partial charge in [0.05, 0.1) is 19.9 Å². The molecule has 2 aromatic heterocycles. The highest BCUT2D eigenvalue weighted by atomic mass is 35.5. The Morgan fingerprint density at radius 2 is 1.88 bits per heavy atom. The van der Waals surface area contributed by atoms with Crippen molar-refractivity contribution >= 4 is 34.8 Å². The van der Waals surface area contributed by atoms with Crippen LogP contribution in [0.5, 0.6) is 11.5 Å². The van der Waals surface area contributed by atoms with Crippen molar-refractivity contribution in [2.75, 3.05) is 19.5 Å². The van der Waals surface area contributed by atoms with Crippen molar-refractivity contribution in [2.24, 2.45) is 0 Å². The minimum absolute atomic E-state index is 0.267. The number of tetrazole rings is 1. The van der Waals surface area contributed by atoms with E-state index in [4.69, 9.17) is 32.7 Å². The number of anilines is 2. The number of benzene rings is 2. The summed E-state index contributed by atoms with van der Waals surface area (Å²) >= 11 is 12.7. The van der Waals surface area contributed by atoms with Crippen LogP contribution in [-0.4, -0.2) is 44.6 Å². The Morgan fingerprint density at radius 1 is 1.06 bits per heavy atom. The Kier molecular flexibility index (Phi) is 4.95. The van der Waals surface area contributed by atoms with Crippen LogP contribution in [0.4, 0.5) is 11.6 Å². The fourth-order valence-corrected chi connectivity index (χ4v) is 4.26. The first-order chi connectivity index (χ1) is 15.5. The van der Waals surface area contributed by atoms with Gasteiger partial charge in [0, 0.05) is 26.7 Å². The molecule has 0 fully saturated rings. The van der Waals surface area contributed by atoms with Gasteiger partial charge in [-0.1, -0.05) is 34.4 Å². The number of halogens is 2. The summed E-state index contributed by atoms with van der Waals surface area (Å²) in [5.41, 5.74) is 2.22. The van der Waals surface area contributed by atoms with Crippen LogP contribution in [0.2, 0.25) is 10.0 Å². The molecule has 32 heavy (non-hydrogen) atoms. The van der Waals surface area contributed by atoms with Crippen molar-refractivity contribution in [3.63, 3.8) is 0 Å². The molecule has 0 saturated heterocycles. The predicted octanol–water partition coefficient (Wildman–Crippen LogP) is 3.44. The highest BCUT2D eigenvalue weighted by molar-refractivity contribution is 6.35. The summed E-state index contributed by atoms with van der Waals surface area (Å²) in [6, 6.07) is 9.82. The van der Waals surface area contributed by atoms with Crippen molar-refractivity contribution in [1.29, 1.82) is 0 Å². The van der Waals surface area contributed by atoms with E-state index < -0.39 is 11.6 Å². The van der Waals surface area contributed by atoms with Gasteiger partial charge in [0.1, 0.15) is 11.7 Å². The summed E-state index contributed by atoms with van der Waals surface area (Å²) in [6.07, 6.45) is 0. The molecule has 10 nitrogen and oxygen atoms in total.